The zero-order valence-corrected chi connectivity index (χ0v) is 10.8. The molecule has 0 N–H and O–H groups in total. The number of carbonyl (C=O) groups is 1. The molecule has 0 atom stereocenters. The van der Waals surface area contributed by atoms with Crippen molar-refractivity contribution in [1.29, 1.82) is 0 Å². The highest BCUT2D eigenvalue weighted by atomic mass is 32.1. The minimum Gasteiger partial charge on any atom is -0.465 e. The number of unbranched alkanes of at least 4 members (excludes halogenated alkanes) is 1. The van der Waals surface area contributed by atoms with Crippen LogP contribution >= 0.6 is 11.3 Å². The zero-order chi connectivity index (χ0) is 11.8. The minimum atomic E-state index is -0.132. The standard InChI is InChI=1S/C12H19NO2S/c1-3-4-7-15-12(14)10-13(2)9-11-6-5-8-16-11/h5-6,8H,3-4,7,9-10H2,1-2H3. The molecule has 1 rings (SSSR count). The van der Waals surface area contributed by atoms with Gasteiger partial charge in [-0.3, -0.25) is 9.69 Å². The van der Waals surface area contributed by atoms with E-state index in [-0.39, 0.29) is 5.97 Å². The van der Waals surface area contributed by atoms with Gasteiger partial charge in [0.25, 0.3) is 0 Å². The summed E-state index contributed by atoms with van der Waals surface area (Å²) in [5.74, 6) is -0.132. The molecular weight excluding hydrogens is 222 g/mol. The molecule has 16 heavy (non-hydrogen) atoms. The number of nitrogens with zero attached hydrogens (tertiary/aromatic N) is 1. The van der Waals surface area contributed by atoms with Crippen molar-refractivity contribution < 1.29 is 9.53 Å². The average Bonchev–Trinajstić information content (AvgIpc) is 2.70. The first-order valence-electron chi connectivity index (χ1n) is 5.59. The smallest absolute Gasteiger partial charge is 0.320 e. The van der Waals surface area contributed by atoms with Crippen LogP contribution in [0.1, 0.15) is 24.6 Å². The molecule has 90 valence electrons. The Labute approximate surface area is 101 Å². The molecule has 4 heteroatoms. The van der Waals surface area contributed by atoms with Crippen LogP contribution in [0.15, 0.2) is 17.5 Å². The van der Waals surface area contributed by atoms with E-state index in [4.69, 9.17) is 4.74 Å². The third kappa shape index (κ3) is 5.28. The van der Waals surface area contributed by atoms with Gasteiger partial charge in [0.1, 0.15) is 0 Å². The van der Waals surface area contributed by atoms with Gasteiger partial charge in [0.2, 0.25) is 0 Å². The van der Waals surface area contributed by atoms with Crippen LogP contribution in [0, 0.1) is 0 Å². The third-order valence-corrected chi connectivity index (χ3v) is 3.03. The van der Waals surface area contributed by atoms with Crippen molar-refractivity contribution in [3.63, 3.8) is 0 Å². The Morgan fingerprint density at radius 1 is 1.56 bits per heavy atom. The summed E-state index contributed by atoms with van der Waals surface area (Å²) in [6, 6.07) is 4.09. The number of likely N-dealkylation sites (N-methyl/N-ethyl adjacent to an activating group) is 1. The van der Waals surface area contributed by atoms with Gasteiger partial charge < -0.3 is 4.74 Å². The van der Waals surface area contributed by atoms with Crippen molar-refractivity contribution in [2.45, 2.75) is 26.3 Å². The van der Waals surface area contributed by atoms with Crippen LogP contribution in [-0.4, -0.2) is 31.1 Å². The predicted molar refractivity (Wildman–Crippen MR) is 66.5 cm³/mol. The lowest BCUT2D eigenvalue weighted by molar-refractivity contribution is -0.144. The lowest BCUT2D eigenvalue weighted by atomic mass is 10.4. The number of esters is 1. The van der Waals surface area contributed by atoms with E-state index >= 15 is 0 Å². The molecule has 0 saturated carbocycles. The van der Waals surface area contributed by atoms with Gasteiger partial charge in [-0.1, -0.05) is 19.4 Å². The predicted octanol–water partition coefficient (Wildman–Crippen LogP) is 2.52. The maximum atomic E-state index is 11.4. The monoisotopic (exact) mass is 241 g/mol. The summed E-state index contributed by atoms with van der Waals surface area (Å²) in [4.78, 5) is 14.6. The topological polar surface area (TPSA) is 29.5 Å². The number of rotatable bonds is 7. The van der Waals surface area contributed by atoms with Crippen molar-refractivity contribution in [2.24, 2.45) is 0 Å². The van der Waals surface area contributed by atoms with Crippen molar-refractivity contribution in [1.82, 2.24) is 4.90 Å². The number of ether oxygens (including phenoxy) is 1. The van der Waals surface area contributed by atoms with E-state index in [0.29, 0.717) is 13.2 Å². The van der Waals surface area contributed by atoms with Gasteiger partial charge in [0, 0.05) is 11.4 Å². The lowest BCUT2D eigenvalue weighted by Crippen LogP contribution is -2.26. The molecule has 1 aromatic rings. The van der Waals surface area contributed by atoms with E-state index < -0.39 is 0 Å². The third-order valence-electron chi connectivity index (χ3n) is 2.17. The van der Waals surface area contributed by atoms with Crippen LogP contribution in [0.25, 0.3) is 0 Å². The molecule has 0 spiro atoms. The van der Waals surface area contributed by atoms with Crippen LogP contribution in [-0.2, 0) is 16.1 Å². The summed E-state index contributed by atoms with van der Waals surface area (Å²) in [5.41, 5.74) is 0. The van der Waals surface area contributed by atoms with E-state index in [1.807, 2.05) is 23.4 Å². The molecule has 0 aliphatic rings. The van der Waals surface area contributed by atoms with Crippen LogP contribution < -0.4 is 0 Å². The van der Waals surface area contributed by atoms with Crippen LogP contribution in [0.2, 0.25) is 0 Å². The Balaban J connectivity index is 2.18. The van der Waals surface area contributed by atoms with Crippen LogP contribution in [0.3, 0.4) is 0 Å². The van der Waals surface area contributed by atoms with E-state index in [1.54, 1.807) is 11.3 Å². The number of thiophene rings is 1. The summed E-state index contributed by atoms with van der Waals surface area (Å²) in [6.07, 6.45) is 2.00. The minimum absolute atomic E-state index is 0.132. The molecule has 0 aliphatic carbocycles. The second-order valence-electron chi connectivity index (χ2n) is 3.83. The first kappa shape index (κ1) is 13.2. The Bertz CT molecular complexity index is 298. The first-order chi connectivity index (χ1) is 7.72. The second kappa shape index (κ2) is 7.41. The van der Waals surface area contributed by atoms with Gasteiger partial charge in [-0.05, 0) is 24.9 Å². The highest BCUT2D eigenvalue weighted by Crippen LogP contribution is 2.10. The summed E-state index contributed by atoms with van der Waals surface area (Å²) in [5, 5.41) is 2.04. The van der Waals surface area contributed by atoms with E-state index in [0.717, 1.165) is 19.4 Å². The van der Waals surface area contributed by atoms with E-state index in [2.05, 4.69) is 13.0 Å². The highest BCUT2D eigenvalue weighted by Gasteiger charge is 2.08. The molecule has 0 saturated heterocycles. The normalized spacial score (nSPS) is 10.7. The summed E-state index contributed by atoms with van der Waals surface area (Å²) >= 11 is 1.71. The number of hydrogen-bond donors (Lipinski definition) is 0. The molecular formula is C12H19NO2S. The Hall–Kier alpha value is -0.870. The summed E-state index contributed by atoms with van der Waals surface area (Å²) in [6.45, 7) is 3.79. The van der Waals surface area contributed by atoms with Crippen LogP contribution in [0.4, 0.5) is 0 Å². The fraction of sp³-hybridized carbons (Fsp3) is 0.583. The van der Waals surface area contributed by atoms with Gasteiger partial charge in [0.15, 0.2) is 0 Å². The molecule has 0 amide bonds. The Morgan fingerprint density at radius 3 is 3.00 bits per heavy atom. The number of hydrogen-bond acceptors (Lipinski definition) is 4. The Morgan fingerprint density at radius 2 is 2.38 bits per heavy atom. The highest BCUT2D eigenvalue weighted by molar-refractivity contribution is 7.09. The van der Waals surface area contributed by atoms with E-state index in [1.165, 1.54) is 4.88 Å². The molecule has 0 fully saturated rings. The largest absolute Gasteiger partial charge is 0.465 e. The second-order valence-corrected chi connectivity index (χ2v) is 4.86. The van der Waals surface area contributed by atoms with E-state index in [9.17, 15) is 4.79 Å². The van der Waals surface area contributed by atoms with Gasteiger partial charge in [-0.2, -0.15) is 0 Å². The molecule has 0 bridgehead atoms. The zero-order valence-electron chi connectivity index (χ0n) is 9.94. The molecule has 0 aromatic carbocycles. The summed E-state index contributed by atoms with van der Waals surface area (Å²) < 4.78 is 5.10. The van der Waals surface area contributed by atoms with Crippen molar-refractivity contribution in [2.75, 3.05) is 20.2 Å². The van der Waals surface area contributed by atoms with Gasteiger partial charge >= 0.3 is 5.97 Å². The SMILES string of the molecule is CCCCOC(=O)CN(C)Cc1cccs1. The maximum absolute atomic E-state index is 11.4. The molecule has 0 aliphatic heterocycles. The van der Waals surface area contributed by atoms with Crippen molar-refractivity contribution in [3.8, 4) is 0 Å². The van der Waals surface area contributed by atoms with Gasteiger partial charge in [-0.25, -0.2) is 0 Å². The van der Waals surface area contributed by atoms with Crippen molar-refractivity contribution >= 4 is 17.3 Å². The van der Waals surface area contributed by atoms with Crippen LogP contribution in [0.5, 0.6) is 0 Å². The lowest BCUT2D eigenvalue weighted by Gasteiger charge is -2.14. The Kier molecular flexibility index (Phi) is 6.11. The molecule has 0 radical (unpaired) electrons. The van der Waals surface area contributed by atoms with Gasteiger partial charge in [0.05, 0.1) is 13.2 Å². The molecule has 0 unspecified atom stereocenters. The molecule has 1 heterocycles. The fourth-order valence-corrected chi connectivity index (χ4v) is 2.10. The summed E-state index contributed by atoms with van der Waals surface area (Å²) in [7, 11) is 1.93. The first-order valence-corrected chi connectivity index (χ1v) is 6.47. The number of carbonyl (C=O) groups excluding carboxylic acids is 1. The van der Waals surface area contributed by atoms with Crippen molar-refractivity contribution in [3.05, 3.63) is 22.4 Å². The quantitative estimate of drug-likeness (QED) is 0.542. The van der Waals surface area contributed by atoms with Gasteiger partial charge in [-0.15, -0.1) is 11.3 Å². The fourth-order valence-electron chi connectivity index (χ4n) is 1.32. The maximum Gasteiger partial charge on any atom is 0.320 e. The molecule has 3 nitrogen and oxygen atoms in total. The molecule has 1 aromatic heterocycles. The average molecular weight is 241 g/mol.